The molecule has 1 aromatic rings. The molecule has 5 nitrogen and oxygen atoms in total. The fourth-order valence-corrected chi connectivity index (χ4v) is 2.05. The number of tetrazole rings is 1. The maximum Gasteiger partial charge on any atom is 0.165 e. The molecule has 1 aliphatic rings. The van der Waals surface area contributed by atoms with Crippen molar-refractivity contribution < 1.29 is 0 Å². The monoisotopic (exact) mass is 237 g/mol. The third-order valence-corrected chi connectivity index (χ3v) is 3.33. The molecular weight excluding hydrogens is 214 g/mol. The summed E-state index contributed by atoms with van der Waals surface area (Å²) in [4.78, 5) is 0. The smallest absolute Gasteiger partial charge is 0.165 e. The van der Waals surface area contributed by atoms with Crippen molar-refractivity contribution in [2.24, 2.45) is 17.8 Å². The molecule has 0 saturated heterocycles. The standard InChI is InChI=1S/C12H23N5/c1-9(2)6-13-7-12-14-15-16-17(12)8-10(3)11-4-5-11/h9-11,13H,4-8H2,1-3H3. The third kappa shape index (κ3) is 3.77. The molecule has 0 aliphatic heterocycles. The Morgan fingerprint density at radius 3 is 2.76 bits per heavy atom. The van der Waals surface area contributed by atoms with Crippen LogP contribution in [-0.4, -0.2) is 26.8 Å². The largest absolute Gasteiger partial charge is 0.310 e. The zero-order valence-electron chi connectivity index (χ0n) is 11.1. The normalized spacial score (nSPS) is 17.6. The highest BCUT2D eigenvalue weighted by Crippen LogP contribution is 2.37. The molecular formula is C12H23N5. The van der Waals surface area contributed by atoms with E-state index in [1.807, 2.05) is 4.68 Å². The Hall–Kier alpha value is -0.970. The summed E-state index contributed by atoms with van der Waals surface area (Å²) in [5, 5.41) is 15.3. The predicted molar refractivity (Wildman–Crippen MR) is 66.2 cm³/mol. The van der Waals surface area contributed by atoms with E-state index < -0.39 is 0 Å². The van der Waals surface area contributed by atoms with Gasteiger partial charge in [0, 0.05) is 6.54 Å². The van der Waals surface area contributed by atoms with E-state index >= 15 is 0 Å². The number of rotatable bonds is 7. The summed E-state index contributed by atoms with van der Waals surface area (Å²) in [6.45, 7) is 9.42. The maximum absolute atomic E-state index is 4.09. The van der Waals surface area contributed by atoms with Gasteiger partial charge in [-0.2, -0.15) is 0 Å². The summed E-state index contributed by atoms with van der Waals surface area (Å²) in [5.74, 6) is 3.21. The minimum atomic E-state index is 0.657. The molecule has 1 unspecified atom stereocenters. The SMILES string of the molecule is CC(C)CNCc1nnnn1CC(C)C1CC1. The molecule has 17 heavy (non-hydrogen) atoms. The van der Waals surface area contributed by atoms with Crippen molar-refractivity contribution >= 4 is 0 Å². The number of aromatic nitrogens is 4. The first kappa shape index (κ1) is 12.5. The predicted octanol–water partition coefficient (Wildman–Crippen LogP) is 1.46. The highest BCUT2D eigenvalue weighted by molar-refractivity contribution is 4.84. The molecule has 1 N–H and O–H groups in total. The molecule has 1 fully saturated rings. The summed E-state index contributed by atoms with van der Waals surface area (Å²) >= 11 is 0. The van der Waals surface area contributed by atoms with Crippen molar-refractivity contribution in [1.29, 1.82) is 0 Å². The molecule has 96 valence electrons. The molecule has 0 spiro atoms. The van der Waals surface area contributed by atoms with Crippen LogP contribution in [0.1, 0.15) is 39.4 Å². The van der Waals surface area contributed by atoms with Crippen LogP contribution in [0.3, 0.4) is 0 Å². The van der Waals surface area contributed by atoms with Crippen molar-refractivity contribution in [3.05, 3.63) is 5.82 Å². The first-order valence-corrected chi connectivity index (χ1v) is 6.62. The minimum absolute atomic E-state index is 0.657. The molecule has 1 aromatic heterocycles. The Morgan fingerprint density at radius 1 is 1.35 bits per heavy atom. The first-order chi connectivity index (χ1) is 8.16. The van der Waals surface area contributed by atoms with E-state index in [4.69, 9.17) is 0 Å². The van der Waals surface area contributed by atoms with Gasteiger partial charge in [-0.15, -0.1) is 5.10 Å². The van der Waals surface area contributed by atoms with Crippen LogP contribution < -0.4 is 5.32 Å². The van der Waals surface area contributed by atoms with Crippen LogP contribution in [0.15, 0.2) is 0 Å². The first-order valence-electron chi connectivity index (χ1n) is 6.62. The van der Waals surface area contributed by atoms with E-state index in [2.05, 4.69) is 41.6 Å². The van der Waals surface area contributed by atoms with Gasteiger partial charge in [0.1, 0.15) is 0 Å². The van der Waals surface area contributed by atoms with Gasteiger partial charge in [-0.3, -0.25) is 0 Å². The van der Waals surface area contributed by atoms with Crippen LogP contribution in [-0.2, 0) is 13.1 Å². The number of nitrogens with zero attached hydrogens (tertiary/aromatic N) is 4. The zero-order chi connectivity index (χ0) is 12.3. The van der Waals surface area contributed by atoms with Crippen molar-refractivity contribution in [1.82, 2.24) is 25.5 Å². The topological polar surface area (TPSA) is 55.6 Å². The highest BCUT2D eigenvalue weighted by Gasteiger charge is 2.28. The van der Waals surface area contributed by atoms with Crippen molar-refractivity contribution in [3.63, 3.8) is 0 Å². The quantitative estimate of drug-likeness (QED) is 0.780. The van der Waals surface area contributed by atoms with Crippen LogP contribution in [0.2, 0.25) is 0 Å². The second kappa shape index (κ2) is 5.58. The van der Waals surface area contributed by atoms with Crippen molar-refractivity contribution in [3.8, 4) is 0 Å². The van der Waals surface area contributed by atoms with Crippen molar-refractivity contribution in [2.45, 2.75) is 46.7 Å². The lowest BCUT2D eigenvalue weighted by Crippen LogP contribution is -2.23. The Labute approximate surface area is 103 Å². The second-order valence-corrected chi connectivity index (χ2v) is 5.62. The molecule has 2 rings (SSSR count). The second-order valence-electron chi connectivity index (χ2n) is 5.62. The summed E-state index contributed by atoms with van der Waals surface area (Å²) in [7, 11) is 0. The Kier molecular flexibility index (Phi) is 4.10. The summed E-state index contributed by atoms with van der Waals surface area (Å²) < 4.78 is 1.95. The van der Waals surface area contributed by atoms with Crippen LogP contribution >= 0.6 is 0 Å². The van der Waals surface area contributed by atoms with Gasteiger partial charge < -0.3 is 5.32 Å². The zero-order valence-corrected chi connectivity index (χ0v) is 11.1. The van der Waals surface area contributed by atoms with Crippen LogP contribution in [0.25, 0.3) is 0 Å². The van der Waals surface area contributed by atoms with Crippen LogP contribution in [0, 0.1) is 17.8 Å². The van der Waals surface area contributed by atoms with E-state index in [0.717, 1.165) is 31.4 Å². The lowest BCUT2D eigenvalue weighted by Gasteiger charge is -2.11. The molecule has 0 bridgehead atoms. The molecule has 1 aliphatic carbocycles. The number of hydrogen-bond donors (Lipinski definition) is 1. The van der Waals surface area contributed by atoms with E-state index in [1.165, 1.54) is 12.8 Å². The van der Waals surface area contributed by atoms with Gasteiger partial charge in [-0.05, 0) is 47.6 Å². The van der Waals surface area contributed by atoms with E-state index in [-0.39, 0.29) is 0 Å². The maximum atomic E-state index is 4.09. The lowest BCUT2D eigenvalue weighted by molar-refractivity contribution is 0.387. The fraction of sp³-hybridized carbons (Fsp3) is 0.917. The van der Waals surface area contributed by atoms with Crippen LogP contribution in [0.5, 0.6) is 0 Å². The van der Waals surface area contributed by atoms with Gasteiger partial charge in [0.2, 0.25) is 0 Å². The summed E-state index contributed by atoms with van der Waals surface area (Å²) in [5.41, 5.74) is 0. The van der Waals surface area contributed by atoms with E-state index in [9.17, 15) is 0 Å². The highest BCUT2D eigenvalue weighted by atomic mass is 15.5. The molecule has 0 aromatic carbocycles. The molecule has 1 heterocycles. The molecule has 0 radical (unpaired) electrons. The van der Waals surface area contributed by atoms with E-state index in [1.54, 1.807) is 0 Å². The van der Waals surface area contributed by atoms with Gasteiger partial charge in [0.25, 0.3) is 0 Å². The van der Waals surface area contributed by atoms with Gasteiger partial charge in [-0.1, -0.05) is 20.8 Å². The lowest BCUT2D eigenvalue weighted by atomic mass is 10.1. The van der Waals surface area contributed by atoms with Gasteiger partial charge in [0.05, 0.1) is 6.54 Å². The summed E-state index contributed by atoms with van der Waals surface area (Å²) in [6, 6.07) is 0. The number of hydrogen-bond acceptors (Lipinski definition) is 4. The average molecular weight is 237 g/mol. The van der Waals surface area contributed by atoms with Crippen molar-refractivity contribution in [2.75, 3.05) is 6.54 Å². The third-order valence-electron chi connectivity index (χ3n) is 3.33. The Morgan fingerprint density at radius 2 is 2.12 bits per heavy atom. The Bertz CT molecular complexity index is 342. The molecule has 5 heteroatoms. The molecule has 1 atom stereocenters. The van der Waals surface area contributed by atoms with E-state index in [0.29, 0.717) is 11.8 Å². The van der Waals surface area contributed by atoms with Gasteiger partial charge in [0.15, 0.2) is 5.82 Å². The van der Waals surface area contributed by atoms with Gasteiger partial charge >= 0.3 is 0 Å². The molecule has 1 saturated carbocycles. The Balaban J connectivity index is 1.82. The molecule has 0 amide bonds. The number of nitrogens with one attached hydrogen (secondary N) is 1. The van der Waals surface area contributed by atoms with Gasteiger partial charge in [-0.25, -0.2) is 4.68 Å². The average Bonchev–Trinajstić information content (AvgIpc) is 3.03. The minimum Gasteiger partial charge on any atom is -0.310 e. The summed E-state index contributed by atoms with van der Waals surface area (Å²) in [6.07, 6.45) is 2.76. The van der Waals surface area contributed by atoms with Crippen LogP contribution in [0.4, 0.5) is 0 Å². The fourth-order valence-electron chi connectivity index (χ4n) is 2.05.